The summed E-state index contributed by atoms with van der Waals surface area (Å²) in [4.78, 5) is 25.8. The molecule has 0 aromatic rings. The van der Waals surface area contributed by atoms with Gasteiger partial charge in [-0.15, -0.1) is 0 Å². The van der Waals surface area contributed by atoms with Gasteiger partial charge in [0.15, 0.2) is 25.2 Å². The molecule has 7 fully saturated rings. The smallest absolute Gasteiger partial charge is 0.333 e. The minimum Gasteiger partial charge on any atom is -0.462 e. The molecule has 23 heteroatoms. The predicted molar refractivity (Wildman–Crippen MR) is 269 cm³/mol. The minimum absolute atomic E-state index is 0.0109. The minimum atomic E-state index is -1.94. The van der Waals surface area contributed by atoms with Gasteiger partial charge in [-0.25, -0.2) is 4.79 Å². The number of allylic oxidation sites excluding steroid dienone is 1. The van der Waals surface area contributed by atoms with Crippen molar-refractivity contribution >= 4 is 11.9 Å². The number of fused-ring (bicyclic) bond motifs is 5. The van der Waals surface area contributed by atoms with Gasteiger partial charge in [-0.05, 0) is 91.9 Å². The Hall–Kier alpha value is -2.34. The zero-order valence-electron chi connectivity index (χ0n) is 47.1. The normalized spacial score (nSPS) is 50.1. The van der Waals surface area contributed by atoms with E-state index in [0.29, 0.717) is 31.3 Å². The molecule has 4 aliphatic heterocycles. The van der Waals surface area contributed by atoms with Crippen molar-refractivity contribution in [3.05, 3.63) is 23.3 Å². The maximum absolute atomic E-state index is 13.1. The van der Waals surface area contributed by atoms with E-state index in [-0.39, 0.29) is 38.2 Å². The van der Waals surface area contributed by atoms with Crippen LogP contribution in [0.5, 0.6) is 0 Å². The lowest BCUT2D eigenvalue weighted by molar-refractivity contribution is -0.373. The molecule has 23 nitrogen and oxygen atoms in total. The molecular formula is C55H88O23. The van der Waals surface area contributed by atoms with Crippen molar-refractivity contribution < 1.29 is 112 Å². The standard InChI is InChI=1S/C55H88O23/c1-13-25(2)48(62)72-29(6)53(63)18-19-55(65)52(53,9)37(73-30(7)57)23-36-51(8)16-15-32(20-31(51)14-17-54(36,55)64)74-38-21-33(66-10)44(26(3)69-38)76-39-22-34(67-11)45(27(4)70-39)77-50-43(61)47(68-12)46(28(5)71-50)78-49-42(60)41(59)40(58)35(24-56)75-49/h13-14,26-29,32-47,49-50,56,58-61,63-65H,15-24H2,1-12H3/b25-13+/t26-,27-,28-,29+,32+,33+,34+,35-,36-,37-,38+,39+,40+,41+,42-,43-,44-,45-,46-,47+,49+,50+,51+,52-,53-,54+,55-/m1/s1. The lowest BCUT2D eigenvalue weighted by Gasteiger charge is -2.67. The molecule has 8 N–H and O–H groups in total. The number of hydrogen-bond donors (Lipinski definition) is 8. The molecule has 446 valence electrons. The molecule has 8 rings (SSSR count). The number of carbonyl (C=O) groups excluding carboxylic acids is 2. The second-order valence-electron chi connectivity index (χ2n) is 23.6. The first-order valence-electron chi connectivity index (χ1n) is 27.7. The molecule has 8 aliphatic rings. The number of carbonyl (C=O) groups is 2. The quantitative estimate of drug-likeness (QED) is 0.0610. The van der Waals surface area contributed by atoms with Gasteiger partial charge in [0.25, 0.3) is 0 Å². The fraction of sp³-hybridized carbons (Fsp3) is 0.891. The van der Waals surface area contributed by atoms with E-state index in [9.17, 15) is 50.4 Å². The van der Waals surface area contributed by atoms with E-state index < -0.39 is 175 Å². The molecule has 0 aromatic heterocycles. The van der Waals surface area contributed by atoms with Gasteiger partial charge in [0.1, 0.15) is 83.9 Å². The monoisotopic (exact) mass is 1120 g/mol. The Morgan fingerprint density at radius 3 is 1.91 bits per heavy atom. The molecule has 0 spiro atoms. The second kappa shape index (κ2) is 23.7. The van der Waals surface area contributed by atoms with Crippen molar-refractivity contribution in [1.82, 2.24) is 0 Å². The van der Waals surface area contributed by atoms with Gasteiger partial charge in [0.05, 0.1) is 48.6 Å². The third-order valence-corrected chi connectivity index (χ3v) is 19.6. The Morgan fingerprint density at radius 1 is 0.731 bits per heavy atom. The zero-order chi connectivity index (χ0) is 57.2. The highest BCUT2D eigenvalue weighted by Gasteiger charge is 2.81. The van der Waals surface area contributed by atoms with Gasteiger partial charge in [-0.3, -0.25) is 4.79 Å². The van der Waals surface area contributed by atoms with E-state index in [4.69, 9.17) is 61.6 Å². The Labute approximate surface area is 456 Å². The van der Waals surface area contributed by atoms with E-state index in [1.54, 1.807) is 54.7 Å². The van der Waals surface area contributed by atoms with Crippen molar-refractivity contribution in [3.8, 4) is 0 Å². The van der Waals surface area contributed by atoms with Gasteiger partial charge in [-0.2, -0.15) is 0 Å². The van der Waals surface area contributed by atoms with Gasteiger partial charge in [0.2, 0.25) is 0 Å². The fourth-order valence-corrected chi connectivity index (χ4v) is 14.7. The van der Waals surface area contributed by atoms with E-state index >= 15 is 0 Å². The lowest BCUT2D eigenvalue weighted by atomic mass is 9.42. The molecule has 27 atom stereocenters. The summed E-state index contributed by atoms with van der Waals surface area (Å²) >= 11 is 0. The molecule has 78 heavy (non-hydrogen) atoms. The maximum Gasteiger partial charge on any atom is 0.333 e. The Balaban J connectivity index is 0.882. The summed E-state index contributed by atoms with van der Waals surface area (Å²) < 4.78 is 79.7. The number of hydrogen-bond acceptors (Lipinski definition) is 23. The van der Waals surface area contributed by atoms with Crippen LogP contribution < -0.4 is 0 Å². The number of aliphatic hydroxyl groups excluding tert-OH is 5. The van der Waals surface area contributed by atoms with Gasteiger partial charge in [0, 0.05) is 52.6 Å². The molecule has 0 amide bonds. The van der Waals surface area contributed by atoms with Gasteiger partial charge in [-0.1, -0.05) is 31.6 Å². The summed E-state index contributed by atoms with van der Waals surface area (Å²) in [7, 11) is 4.49. The average Bonchev–Trinajstić information content (AvgIpc) is 3.40. The van der Waals surface area contributed by atoms with Crippen molar-refractivity contribution in [2.24, 2.45) is 16.7 Å². The summed E-state index contributed by atoms with van der Waals surface area (Å²) in [5, 5.41) is 91.1. The highest BCUT2D eigenvalue weighted by molar-refractivity contribution is 5.87. The maximum atomic E-state index is 13.1. The first-order valence-corrected chi connectivity index (χ1v) is 27.7. The number of ether oxygens (including phenoxy) is 13. The molecular weight excluding hydrogens is 1030 g/mol. The molecule has 4 aliphatic carbocycles. The molecule has 4 heterocycles. The highest BCUT2D eigenvalue weighted by atomic mass is 16.8. The van der Waals surface area contributed by atoms with Crippen molar-refractivity contribution in [3.63, 3.8) is 0 Å². The lowest BCUT2D eigenvalue weighted by Crippen LogP contribution is -2.78. The summed E-state index contributed by atoms with van der Waals surface area (Å²) in [6.07, 6.45) is -14.7. The predicted octanol–water partition coefficient (Wildman–Crippen LogP) is 1.11. The van der Waals surface area contributed by atoms with Crippen LogP contribution in [-0.4, -0.2) is 226 Å². The molecule has 0 radical (unpaired) electrons. The summed E-state index contributed by atoms with van der Waals surface area (Å²) in [6.45, 7) is 14.6. The van der Waals surface area contributed by atoms with E-state index in [1.165, 1.54) is 21.1 Å². The van der Waals surface area contributed by atoms with Crippen molar-refractivity contribution in [1.29, 1.82) is 0 Å². The fourth-order valence-electron chi connectivity index (χ4n) is 14.7. The largest absolute Gasteiger partial charge is 0.462 e. The first-order chi connectivity index (χ1) is 36.7. The van der Waals surface area contributed by atoms with Crippen LogP contribution in [0.1, 0.15) is 120 Å². The van der Waals surface area contributed by atoms with Crippen LogP contribution in [0.3, 0.4) is 0 Å². The highest BCUT2D eigenvalue weighted by Crippen LogP contribution is 2.71. The molecule has 0 aromatic carbocycles. The summed E-state index contributed by atoms with van der Waals surface area (Å²) in [5.74, 6) is -1.79. The molecule has 0 unspecified atom stereocenters. The van der Waals surface area contributed by atoms with Crippen LogP contribution in [0.25, 0.3) is 0 Å². The topological polar surface area (TPSA) is 316 Å². The third-order valence-electron chi connectivity index (χ3n) is 19.6. The van der Waals surface area contributed by atoms with Gasteiger partial charge >= 0.3 is 11.9 Å². The Morgan fingerprint density at radius 2 is 1.32 bits per heavy atom. The first kappa shape index (κ1) is 61.7. The number of rotatable bonds is 16. The Kier molecular flexibility index (Phi) is 18.8. The van der Waals surface area contributed by atoms with Crippen LogP contribution in [0, 0.1) is 16.7 Å². The molecule has 3 saturated carbocycles. The zero-order valence-corrected chi connectivity index (χ0v) is 47.1. The molecule has 0 bridgehead atoms. The summed E-state index contributed by atoms with van der Waals surface area (Å²) in [5.41, 5.74) is -6.41. The van der Waals surface area contributed by atoms with Crippen LogP contribution in [0.2, 0.25) is 0 Å². The van der Waals surface area contributed by atoms with Gasteiger partial charge < -0.3 is 102 Å². The second-order valence-corrected chi connectivity index (χ2v) is 23.6. The number of esters is 2. The molecule has 4 saturated heterocycles. The van der Waals surface area contributed by atoms with E-state index in [2.05, 4.69) is 6.92 Å². The third kappa shape index (κ3) is 10.6. The van der Waals surface area contributed by atoms with Crippen LogP contribution in [0.15, 0.2) is 23.3 Å². The van der Waals surface area contributed by atoms with Crippen LogP contribution in [0.4, 0.5) is 0 Å². The van der Waals surface area contributed by atoms with Crippen molar-refractivity contribution in [2.45, 2.75) is 266 Å². The average molecular weight is 1120 g/mol. The SMILES string of the molecule is C/C=C(\C)C(=O)O[C@@H](C)[C@]1(O)CC[C@@]2(O)[C@]1(C)[C@H](OC(C)=O)C[C@@H]1[C@@]3(C)CC[C@H](O[C@H]4C[C@H](OC)[C@H](O[C@H]5C[C@H](OC)[C@H](O[C@@H]6O[C@H](C)[C@@H](O[C@@H]7O[C@H](CO)[C@H](O)[C@H](O)[C@H]7O)[C@@H](OC)[C@H]6O)[C@@H](C)O5)[C@@H](C)O4)CC3=CC[C@]12O. The van der Waals surface area contributed by atoms with Crippen molar-refractivity contribution in [2.75, 3.05) is 27.9 Å². The Bertz CT molecular complexity index is 2160. The summed E-state index contributed by atoms with van der Waals surface area (Å²) in [6, 6.07) is 0. The van der Waals surface area contributed by atoms with Crippen LogP contribution in [-0.2, 0) is 71.2 Å². The number of methoxy groups -OCH3 is 3. The van der Waals surface area contributed by atoms with E-state index in [0.717, 1.165) is 5.57 Å². The number of aliphatic hydroxyl groups is 8. The van der Waals surface area contributed by atoms with E-state index in [1.807, 2.05) is 13.0 Å². The van der Waals surface area contributed by atoms with Crippen LogP contribution >= 0.6 is 0 Å².